The second kappa shape index (κ2) is 6.50. The van der Waals surface area contributed by atoms with Crippen molar-refractivity contribution in [1.29, 1.82) is 0 Å². The molecule has 2 atom stereocenters. The van der Waals surface area contributed by atoms with Gasteiger partial charge >= 0.3 is 0 Å². The van der Waals surface area contributed by atoms with Crippen molar-refractivity contribution in [3.63, 3.8) is 0 Å². The Morgan fingerprint density at radius 3 is 2.55 bits per heavy atom. The van der Waals surface area contributed by atoms with Gasteiger partial charge in [0.15, 0.2) is 11.6 Å². The number of carbonyl (C=O) groups is 1. The van der Waals surface area contributed by atoms with E-state index in [1.807, 2.05) is 0 Å². The Labute approximate surface area is 135 Å². The Balaban J connectivity index is 0.00000176. The molecule has 2 fully saturated rings. The second-order valence-corrected chi connectivity index (χ2v) is 6.30. The van der Waals surface area contributed by atoms with E-state index in [2.05, 4.69) is 5.32 Å². The molecule has 6 heteroatoms. The standard InChI is InChI=1S/C16H20F2N2O.ClH/c17-13-4-3-10(7-14(13)18)11-8-12(11)15(21)20-16(9-19)5-1-2-6-16;/h3-4,7,11-12H,1-2,5-6,8-9,19H2,(H,20,21);1H. The van der Waals surface area contributed by atoms with E-state index in [1.165, 1.54) is 6.07 Å². The lowest BCUT2D eigenvalue weighted by molar-refractivity contribution is -0.124. The third kappa shape index (κ3) is 3.25. The van der Waals surface area contributed by atoms with Crippen LogP contribution in [0.5, 0.6) is 0 Å². The molecule has 2 aliphatic rings. The lowest BCUT2D eigenvalue weighted by Gasteiger charge is -2.28. The molecule has 2 saturated carbocycles. The van der Waals surface area contributed by atoms with Gasteiger partial charge in [-0.05, 0) is 42.9 Å². The minimum Gasteiger partial charge on any atom is -0.349 e. The van der Waals surface area contributed by atoms with Gasteiger partial charge < -0.3 is 11.1 Å². The highest BCUT2D eigenvalue weighted by atomic mass is 35.5. The number of rotatable bonds is 4. The Bertz CT molecular complexity index is 561. The highest BCUT2D eigenvalue weighted by molar-refractivity contribution is 5.85. The molecule has 0 saturated heterocycles. The largest absolute Gasteiger partial charge is 0.349 e. The minimum atomic E-state index is -0.854. The van der Waals surface area contributed by atoms with Crippen LogP contribution in [-0.2, 0) is 4.79 Å². The third-order valence-corrected chi connectivity index (χ3v) is 4.84. The molecular weight excluding hydrogens is 310 g/mol. The summed E-state index contributed by atoms with van der Waals surface area (Å²) >= 11 is 0. The van der Waals surface area contributed by atoms with E-state index in [0.717, 1.165) is 31.7 Å². The maximum atomic E-state index is 13.2. The first-order valence-electron chi connectivity index (χ1n) is 7.52. The van der Waals surface area contributed by atoms with Crippen LogP contribution >= 0.6 is 12.4 Å². The Morgan fingerprint density at radius 1 is 1.27 bits per heavy atom. The highest BCUT2D eigenvalue weighted by Crippen LogP contribution is 2.48. The normalized spacial score (nSPS) is 25.4. The maximum absolute atomic E-state index is 13.2. The van der Waals surface area contributed by atoms with Crippen molar-refractivity contribution in [2.24, 2.45) is 11.7 Å². The maximum Gasteiger partial charge on any atom is 0.224 e. The molecule has 0 heterocycles. The molecule has 122 valence electrons. The van der Waals surface area contributed by atoms with E-state index >= 15 is 0 Å². The van der Waals surface area contributed by atoms with Gasteiger partial charge in [0, 0.05) is 12.5 Å². The Hall–Kier alpha value is -1.20. The van der Waals surface area contributed by atoms with E-state index in [-0.39, 0.29) is 35.7 Å². The summed E-state index contributed by atoms with van der Waals surface area (Å²) in [7, 11) is 0. The smallest absolute Gasteiger partial charge is 0.224 e. The number of nitrogens with two attached hydrogens (primary N) is 1. The fraction of sp³-hybridized carbons (Fsp3) is 0.562. The molecule has 22 heavy (non-hydrogen) atoms. The number of hydrogen-bond donors (Lipinski definition) is 2. The number of nitrogens with one attached hydrogen (secondary N) is 1. The first kappa shape index (κ1) is 17.2. The van der Waals surface area contributed by atoms with Crippen LogP contribution in [0, 0.1) is 17.6 Å². The van der Waals surface area contributed by atoms with Gasteiger partial charge in [0.2, 0.25) is 5.91 Å². The molecule has 3 N–H and O–H groups in total. The third-order valence-electron chi connectivity index (χ3n) is 4.84. The van der Waals surface area contributed by atoms with Gasteiger partial charge in [-0.15, -0.1) is 12.4 Å². The van der Waals surface area contributed by atoms with Gasteiger partial charge in [0.05, 0.1) is 5.54 Å². The van der Waals surface area contributed by atoms with Crippen LogP contribution in [0.1, 0.15) is 43.6 Å². The van der Waals surface area contributed by atoms with Crippen molar-refractivity contribution >= 4 is 18.3 Å². The Morgan fingerprint density at radius 2 is 1.95 bits per heavy atom. The summed E-state index contributed by atoms with van der Waals surface area (Å²) in [5, 5.41) is 3.10. The van der Waals surface area contributed by atoms with Gasteiger partial charge in [-0.25, -0.2) is 8.78 Å². The summed E-state index contributed by atoms with van der Waals surface area (Å²) < 4.78 is 26.2. The number of carbonyl (C=O) groups excluding carboxylic acids is 1. The van der Waals surface area contributed by atoms with Crippen molar-refractivity contribution in [3.05, 3.63) is 35.4 Å². The molecule has 0 bridgehead atoms. The van der Waals surface area contributed by atoms with Crippen LogP contribution in [0.4, 0.5) is 8.78 Å². The summed E-state index contributed by atoms with van der Waals surface area (Å²) in [6.07, 6.45) is 4.73. The molecule has 0 aromatic heterocycles. The van der Waals surface area contributed by atoms with Crippen molar-refractivity contribution in [1.82, 2.24) is 5.32 Å². The van der Waals surface area contributed by atoms with Crippen molar-refractivity contribution < 1.29 is 13.6 Å². The van der Waals surface area contributed by atoms with Gasteiger partial charge in [0.1, 0.15) is 0 Å². The number of amides is 1. The van der Waals surface area contributed by atoms with Gasteiger partial charge in [-0.3, -0.25) is 4.79 Å². The molecule has 0 spiro atoms. The first-order chi connectivity index (χ1) is 10.0. The fourth-order valence-corrected chi connectivity index (χ4v) is 3.38. The Kier molecular flexibility index (Phi) is 5.07. The van der Waals surface area contributed by atoms with E-state index in [1.54, 1.807) is 6.07 Å². The molecule has 0 aliphatic heterocycles. The summed E-state index contributed by atoms with van der Waals surface area (Å²) in [5.41, 5.74) is 6.26. The summed E-state index contributed by atoms with van der Waals surface area (Å²) in [6, 6.07) is 3.88. The van der Waals surface area contributed by atoms with Gasteiger partial charge in [-0.2, -0.15) is 0 Å². The monoisotopic (exact) mass is 330 g/mol. The van der Waals surface area contributed by atoms with Gasteiger partial charge in [0.25, 0.3) is 0 Å². The number of halogens is 3. The SMILES string of the molecule is Cl.NCC1(NC(=O)C2CC2c2ccc(F)c(F)c2)CCCC1. The first-order valence-corrected chi connectivity index (χ1v) is 7.52. The molecule has 2 unspecified atom stereocenters. The number of hydrogen-bond acceptors (Lipinski definition) is 2. The highest BCUT2D eigenvalue weighted by Gasteiger charge is 2.46. The van der Waals surface area contributed by atoms with Gasteiger partial charge in [-0.1, -0.05) is 18.9 Å². The predicted octanol–water partition coefficient (Wildman–Crippen LogP) is 2.88. The zero-order chi connectivity index (χ0) is 15.0. The van der Waals surface area contributed by atoms with Crippen LogP contribution in [0.2, 0.25) is 0 Å². The van der Waals surface area contributed by atoms with E-state index in [9.17, 15) is 13.6 Å². The lowest BCUT2D eigenvalue weighted by atomic mass is 9.97. The average Bonchev–Trinajstić information content (AvgIpc) is 3.15. The molecule has 1 amide bonds. The molecule has 3 nitrogen and oxygen atoms in total. The molecular formula is C16H21ClF2N2O. The van der Waals surface area contributed by atoms with Crippen LogP contribution < -0.4 is 11.1 Å². The minimum absolute atomic E-state index is 0. The summed E-state index contributed by atoms with van der Waals surface area (Å²) in [6.45, 7) is 0.460. The van der Waals surface area contributed by atoms with Crippen molar-refractivity contribution in [2.45, 2.75) is 43.6 Å². The average molecular weight is 331 g/mol. The molecule has 0 radical (unpaired) electrons. The molecule has 2 aliphatic carbocycles. The van der Waals surface area contributed by atoms with E-state index in [0.29, 0.717) is 18.5 Å². The molecule has 3 rings (SSSR count). The van der Waals surface area contributed by atoms with Crippen LogP contribution in [0.25, 0.3) is 0 Å². The summed E-state index contributed by atoms with van der Waals surface area (Å²) in [4.78, 5) is 12.3. The van der Waals surface area contributed by atoms with Crippen LogP contribution in [0.3, 0.4) is 0 Å². The quantitative estimate of drug-likeness (QED) is 0.892. The number of benzene rings is 1. The van der Waals surface area contributed by atoms with E-state index < -0.39 is 11.6 Å². The fourth-order valence-electron chi connectivity index (χ4n) is 3.38. The summed E-state index contributed by atoms with van der Waals surface area (Å²) in [5.74, 6) is -1.85. The van der Waals surface area contributed by atoms with Crippen molar-refractivity contribution in [2.75, 3.05) is 6.54 Å². The van der Waals surface area contributed by atoms with Crippen molar-refractivity contribution in [3.8, 4) is 0 Å². The zero-order valence-electron chi connectivity index (χ0n) is 12.3. The van der Waals surface area contributed by atoms with Crippen LogP contribution in [-0.4, -0.2) is 18.0 Å². The topological polar surface area (TPSA) is 55.1 Å². The predicted molar refractivity (Wildman–Crippen MR) is 82.9 cm³/mol. The zero-order valence-corrected chi connectivity index (χ0v) is 13.1. The molecule has 1 aromatic rings. The second-order valence-electron chi connectivity index (χ2n) is 6.30. The lowest BCUT2D eigenvalue weighted by Crippen LogP contribution is -2.52. The van der Waals surface area contributed by atoms with E-state index in [4.69, 9.17) is 5.73 Å². The molecule has 1 aromatic carbocycles. The van der Waals surface area contributed by atoms with Crippen LogP contribution in [0.15, 0.2) is 18.2 Å².